The Balaban J connectivity index is 2.05. The second-order valence-corrected chi connectivity index (χ2v) is 3.41. The van der Waals surface area contributed by atoms with Crippen molar-refractivity contribution >= 4 is 5.97 Å². The molecule has 0 aliphatic heterocycles. The summed E-state index contributed by atoms with van der Waals surface area (Å²) in [5, 5.41) is 19.8. The lowest BCUT2D eigenvalue weighted by molar-refractivity contribution is -0.136. The molecule has 0 saturated heterocycles. The first kappa shape index (κ1) is 10.3. The number of carboxylic acids is 1. The molecule has 2 aromatic rings. The van der Waals surface area contributed by atoms with Crippen LogP contribution in [0.2, 0.25) is 0 Å². The quantitative estimate of drug-likeness (QED) is 0.796. The summed E-state index contributed by atoms with van der Waals surface area (Å²) < 4.78 is 6.52. The Hall–Kier alpha value is -2.18. The van der Waals surface area contributed by atoms with Crippen molar-refractivity contribution in [1.29, 1.82) is 0 Å². The zero-order valence-corrected chi connectivity index (χ0v) is 8.62. The highest BCUT2D eigenvalue weighted by molar-refractivity contribution is 5.69. The van der Waals surface area contributed by atoms with Crippen LogP contribution in [0.4, 0.5) is 0 Å². The zero-order valence-electron chi connectivity index (χ0n) is 8.62. The summed E-state index contributed by atoms with van der Waals surface area (Å²) in [6, 6.07) is 1.79. The Labute approximate surface area is 90.7 Å². The van der Waals surface area contributed by atoms with Crippen LogP contribution in [-0.2, 0) is 17.8 Å². The number of carbonyl (C=O) groups is 1. The highest BCUT2D eigenvalue weighted by Crippen LogP contribution is 2.04. The average Bonchev–Trinajstić information content (AvgIpc) is 2.76. The monoisotopic (exact) mass is 222 g/mol. The smallest absolute Gasteiger partial charge is 0.309 e. The molecule has 2 heterocycles. The number of carboxylic acid groups (broad SMARTS) is 1. The standard InChI is InChI=1S/C9H10N4O3/c1-6-2-8(16-11-6)5-13-4-7(10-12-13)3-9(14)15/h2,4H,3,5H2,1H3,(H,14,15). The first-order chi connectivity index (χ1) is 7.63. The molecule has 0 amide bonds. The number of aromatic nitrogens is 4. The van der Waals surface area contributed by atoms with E-state index in [1.807, 2.05) is 6.92 Å². The lowest BCUT2D eigenvalue weighted by Gasteiger charge is -1.92. The third kappa shape index (κ3) is 2.44. The van der Waals surface area contributed by atoms with Crippen molar-refractivity contribution in [3.05, 3.63) is 29.4 Å². The molecule has 7 heteroatoms. The molecular formula is C9H10N4O3. The van der Waals surface area contributed by atoms with Gasteiger partial charge in [-0.3, -0.25) is 4.79 Å². The third-order valence-corrected chi connectivity index (χ3v) is 1.91. The van der Waals surface area contributed by atoms with E-state index in [0.717, 1.165) is 5.69 Å². The Morgan fingerprint density at radius 2 is 2.44 bits per heavy atom. The van der Waals surface area contributed by atoms with E-state index >= 15 is 0 Å². The predicted octanol–water partition coefficient (Wildman–Crippen LogP) is 0.250. The fraction of sp³-hybridized carbons (Fsp3) is 0.333. The lowest BCUT2D eigenvalue weighted by Crippen LogP contribution is -2.00. The molecule has 0 fully saturated rings. The minimum Gasteiger partial charge on any atom is -0.481 e. The zero-order chi connectivity index (χ0) is 11.5. The molecule has 0 aliphatic rings. The van der Waals surface area contributed by atoms with E-state index in [1.165, 1.54) is 4.68 Å². The van der Waals surface area contributed by atoms with Gasteiger partial charge in [-0.25, -0.2) is 4.68 Å². The molecule has 0 aliphatic carbocycles. The van der Waals surface area contributed by atoms with Gasteiger partial charge in [0, 0.05) is 12.3 Å². The fourth-order valence-corrected chi connectivity index (χ4v) is 1.30. The molecule has 0 atom stereocenters. The SMILES string of the molecule is Cc1cc(Cn2cc(CC(=O)O)nn2)on1. The van der Waals surface area contributed by atoms with Crippen LogP contribution in [0.25, 0.3) is 0 Å². The molecular weight excluding hydrogens is 212 g/mol. The van der Waals surface area contributed by atoms with Crippen LogP contribution in [0.15, 0.2) is 16.8 Å². The number of nitrogens with zero attached hydrogens (tertiary/aromatic N) is 4. The minimum absolute atomic E-state index is 0.130. The second kappa shape index (κ2) is 4.13. The highest BCUT2D eigenvalue weighted by Gasteiger charge is 2.07. The maximum atomic E-state index is 10.4. The van der Waals surface area contributed by atoms with Crippen LogP contribution in [0, 0.1) is 6.92 Å². The van der Waals surface area contributed by atoms with Gasteiger partial charge in [0.1, 0.15) is 6.54 Å². The molecule has 2 aromatic heterocycles. The van der Waals surface area contributed by atoms with Crippen LogP contribution in [0.5, 0.6) is 0 Å². The summed E-state index contributed by atoms with van der Waals surface area (Å²) in [6.07, 6.45) is 1.45. The fourth-order valence-electron chi connectivity index (χ4n) is 1.30. The molecule has 84 valence electrons. The van der Waals surface area contributed by atoms with Crippen LogP contribution < -0.4 is 0 Å². The third-order valence-electron chi connectivity index (χ3n) is 1.91. The number of rotatable bonds is 4. The van der Waals surface area contributed by atoms with Gasteiger partial charge in [0.2, 0.25) is 0 Å². The first-order valence-corrected chi connectivity index (χ1v) is 4.66. The van der Waals surface area contributed by atoms with E-state index in [0.29, 0.717) is 18.0 Å². The molecule has 0 aromatic carbocycles. The Morgan fingerprint density at radius 3 is 3.06 bits per heavy atom. The van der Waals surface area contributed by atoms with Crippen molar-refractivity contribution in [2.45, 2.75) is 19.9 Å². The van der Waals surface area contributed by atoms with Gasteiger partial charge in [-0.15, -0.1) is 5.10 Å². The van der Waals surface area contributed by atoms with Gasteiger partial charge in [-0.05, 0) is 6.92 Å². The van der Waals surface area contributed by atoms with E-state index in [2.05, 4.69) is 15.5 Å². The van der Waals surface area contributed by atoms with Gasteiger partial charge in [0.15, 0.2) is 5.76 Å². The molecule has 1 N–H and O–H groups in total. The molecule has 7 nitrogen and oxygen atoms in total. The second-order valence-electron chi connectivity index (χ2n) is 3.41. The van der Waals surface area contributed by atoms with Crippen molar-refractivity contribution in [2.75, 3.05) is 0 Å². The predicted molar refractivity (Wildman–Crippen MR) is 51.7 cm³/mol. The molecule has 0 radical (unpaired) electrons. The number of aliphatic carboxylic acids is 1. The molecule has 2 rings (SSSR count). The largest absolute Gasteiger partial charge is 0.481 e. The average molecular weight is 222 g/mol. The van der Waals surface area contributed by atoms with Gasteiger partial charge in [0.05, 0.1) is 17.8 Å². The van der Waals surface area contributed by atoms with Gasteiger partial charge < -0.3 is 9.63 Å². The molecule has 0 bridgehead atoms. The Kier molecular flexibility index (Phi) is 2.67. The van der Waals surface area contributed by atoms with Crippen LogP contribution in [0.1, 0.15) is 17.1 Å². The molecule has 0 unspecified atom stereocenters. The van der Waals surface area contributed by atoms with Crippen LogP contribution >= 0.6 is 0 Å². The van der Waals surface area contributed by atoms with E-state index in [1.54, 1.807) is 12.3 Å². The van der Waals surface area contributed by atoms with Crippen molar-refractivity contribution in [3.8, 4) is 0 Å². The highest BCUT2D eigenvalue weighted by atomic mass is 16.5. The van der Waals surface area contributed by atoms with Crippen molar-refractivity contribution in [2.24, 2.45) is 0 Å². The number of aryl methyl sites for hydroxylation is 1. The van der Waals surface area contributed by atoms with Gasteiger partial charge in [-0.1, -0.05) is 10.4 Å². The van der Waals surface area contributed by atoms with E-state index in [-0.39, 0.29) is 6.42 Å². The van der Waals surface area contributed by atoms with Gasteiger partial charge in [0.25, 0.3) is 0 Å². The maximum Gasteiger partial charge on any atom is 0.309 e. The minimum atomic E-state index is -0.928. The van der Waals surface area contributed by atoms with E-state index in [9.17, 15) is 4.79 Å². The van der Waals surface area contributed by atoms with Crippen molar-refractivity contribution in [3.63, 3.8) is 0 Å². The number of hydrogen-bond acceptors (Lipinski definition) is 5. The van der Waals surface area contributed by atoms with Gasteiger partial charge in [-0.2, -0.15) is 0 Å². The Morgan fingerprint density at radius 1 is 1.62 bits per heavy atom. The maximum absolute atomic E-state index is 10.4. The molecule has 0 spiro atoms. The summed E-state index contributed by atoms with van der Waals surface area (Å²) in [5.74, 6) is -0.271. The normalized spacial score (nSPS) is 10.6. The van der Waals surface area contributed by atoms with Crippen LogP contribution in [0.3, 0.4) is 0 Å². The van der Waals surface area contributed by atoms with E-state index in [4.69, 9.17) is 9.63 Å². The number of hydrogen-bond donors (Lipinski definition) is 1. The summed E-state index contributed by atoms with van der Waals surface area (Å²) >= 11 is 0. The molecule has 0 saturated carbocycles. The summed E-state index contributed by atoms with van der Waals surface area (Å²) in [7, 11) is 0. The summed E-state index contributed by atoms with van der Waals surface area (Å²) in [5.41, 5.74) is 1.21. The summed E-state index contributed by atoms with van der Waals surface area (Å²) in [4.78, 5) is 10.4. The topological polar surface area (TPSA) is 94.0 Å². The Bertz CT molecular complexity index is 502. The van der Waals surface area contributed by atoms with Crippen molar-refractivity contribution < 1.29 is 14.4 Å². The van der Waals surface area contributed by atoms with Crippen LogP contribution in [-0.4, -0.2) is 31.2 Å². The lowest BCUT2D eigenvalue weighted by atomic mass is 10.3. The van der Waals surface area contributed by atoms with Crippen molar-refractivity contribution in [1.82, 2.24) is 20.2 Å². The summed E-state index contributed by atoms with van der Waals surface area (Å²) in [6.45, 7) is 2.22. The first-order valence-electron chi connectivity index (χ1n) is 4.66. The van der Waals surface area contributed by atoms with Gasteiger partial charge >= 0.3 is 5.97 Å². The molecule has 16 heavy (non-hydrogen) atoms. The van der Waals surface area contributed by atoms with E-state index < -0.39 is 5.97 Å².